The van der Waals surface area contributed by atoms with Gasteiger partial charge in [0, 0.05) is 37.7 Å². The van der Waals surface area contributed by atoms with Crippen molar-refractivity contribution in [3.05, 3.63) is 29.8 Å². The molecule has 2 fully saturated rings. The minimum absolute atomic E-state index is 0.125. The van der Waals surface area contributed by atoms with E-state index in [9.17, 15) is 4.79 Å². The van der Waals surface area contributed by atoms with Crippen LogP contribution in [0.1, 0.15) is 38.1 Å². The van der Waals surface area contributed by atoms with E-state index in [0.29, 0.717) is 0 Å². The minimum atomic E-state index is -0.380. The number of likely N-dealkylation sites (tertiary alicyclic amines) is 1. The number of nitrogens with zero attached hydrogens (tertiary/aromatic N) is 2. The lowest BCUT2D eigenvalue weighted by Gasteiger charge is -2.38. The Balaban J connectivity index is 1.56. The zero-order valence-electron chi connectivity index (χ0n) is 16.9. The van der Waals surface area contributed by atoms with Crippen molar-refractivity contribution in [2.24, 2.45) is 5.92 Å². The van der Waals surface area contributed by atoms with Gasteiger partial charge in [-0.15, -0.1) is 0 Å². The number of ketones is 1. The minimum Gasteiger partial charge on any atom is -0.399 e. The molecule has 2 heterocycles. The van der Waals surface area contributed by atoms with Gasteiger partial charge in [0.05, 0.1) is 11.2 Å². The van der Waals surface area contributed by atoms with E-state index in [2.05, 4.69) is 23.9 Å². The molecule has 0 amide bonds. The molecule has 2 saturated heterocycles. The van der Waals surface area contributed by atoms with Gasteiger partial charge in [-0.3, -0.25) is 4.79 Å². The van der Waals surface area contributed by atoms with Crippen LogP contribution in [0.5, 0.6) is 0 Å². The van der Waals surface area contributed by atoms with Crippen molar-refractivity contribution in [2.75, 3.05) is 40.3 Å². The van der Waals surface area contributed by atoms with Gasteiger partial charge in [-0.1, -0.05) is 24.3 Å². The molecule has 1 aromatic rings. The van der Waals surface area contributed by atoms with E-state index in [0.717, 1.165) is 37.2 Å². The summed E-state index contributed by atoms with van der Waals surface area (Å²) in [5.74, 6) is 0.367. The molecule has 0 radical (unpaired) electrons. The van der Waals surface area contributed by atoms with Gasteiger partial charge in [0.15, 0.2) is 5.78 Å². The lowest BCUT2D eigenvalue weighted by Crippen LogP contribution is -2.52. The van der Waals surface area contributed by atoms with E-state index in [1.807, 2.05) is 52.0 Å². The number of likely N-dealkylation sites (N-methyl/N-ethyl adjacent to an activating group) is 1. The maximum absolute atomic E-state index is 12.6. The van der Waals surface area contributed by atoms with Crippen molar-refractivity contribution < 1.29 is 14.1 Å². The zero-order chi connectivity index (χ0) is 19.1. The predicted molar refractivity (Wildman–Crippen MR) is 105 cm³/mol. The van der Waals surface area contributed by atoms with Crippen LogP contribution in [0.15, 0.2) is 24.3 Å². The van der Waals surface area contributed by atoms with Gasteiger partial charge in [-0.2, -0.15) is 0 Å². The van der Waals surface area contributed by atoms with Crippen LogP contribution < -0.4 is 5.46 Å². The highest BCUT2D eigenvalue weighted by molar-refractivity contribution is 6.62. The summed E-state index contributed by atoms with van der Waals surface area (Å²) < 4.78 is 12.1. The van der Waals surface area contributed by atoms with Crippen molar-refractivity contribution in [3.8, 4) is 0 Å². The Bertz CT molecular complexity index is 636. The Morgan fingerprint density at radius 3 is 2.15 bits per heavy atom. The van der Waals surface area contributed by atoms with E-state index < -0.39 is 0 Å². The van der Waals surface area contributed by atoms with Gasteiger partial charge in [-0.25, -0.2) is 0 Å². The van der Waals surface area contributed by atoms with Crippen molar-refractivity contribution in [1.82, 2.24) is 9.80 Å². The first-order valence-corrected chi connectivity index (χ1v) is 9.46. The van der Waals surface area contributed by atoms with Crippen LogP contribution in [0.4, 0.5) is 0 Å². The Morgan fingerprint density at radius 1 is 1.12 bits per heavy atom. The molecule has 0 saturated carbocycles. The largest absolute Gasteiger partial charge is 0.494 e. The maximum atomic E-state index is 12.6. The standard InChI is InChI=1S/C20H31BN2O3/c1-19(2)20(3,4)26-21(25-19)17-9-7-15(8-10-17)18(24)16-13-23(14-16)12-11-22(5)6/h7-10,16H,11-14H2,1-6H3. The molecule has 0 spiro atoms. The van der Waals surface area contributed by atoms with Crippen LogP contribution in [0.25, 0.3) is 0 Å². The highest BCUT2D eigenvalue weighted by Gasteiger charge is 2.51. The Kier molecular flexibility index (Phi) is 5.32. The third-order valence-corrected chi connectivity index (χ3v) is 5.91. The quantitative estimate of drug-likeness (QED) is 0.572. The third kappa shape index (κ3) is 3.88. The Hall–Kier alpha value is -1.21. The van der Waals surface area contributed by atoms with Crippen LogP contribution in [0.3, 0.4) is 0 Å². The Labute approximate surface area is 157 Å². The molecule has 0 unspecified atom stereocenters. The second-order valence-corrected chi connectivity index (χ2v) is 8.83. The molecule has 5 nitrogen and oxygen atoms in total. The van der Waals surface area contributed by atoms with Gasteiger partial charge in [0.2, 0.25) is 0 Å². The average Bonchev–Trinajstić information content (AvgIpc) is 2.73. The fourth-order valence-electron chi connectivity index (χ4n) is 3.28. The number of rotatable bonds is 6. The monoisotopic (exact) mass is 358 g/mol. The lowest BCUT2D eigenvalue weighted by molar-refractivity contribution is 0.00578. The van der Waals surface area contributed by atoms with Crippen LogP contribution in [-0.2, 0) is 9.31 Å². The molecular formula is C20H31BN2O3. The van der Waals surface area contributed by atoms with Gasteiger partial charge >= 0.3 is 7.12 Å². The fraction of sp³-hybridized carbons (Fsp3) is 0.650. The molecule has 2 aliphatic rings. The molecule has 3 rings (SSSR count). The smallest absolute Gasteiger partial charge is 0.399 e. The van der Waals surface area contributed by atoms with E-state index >= 15 is 0 Å². The summed E-state index contributed by atoms with van der Waals surface area (Å²) in [6.45, 7) is 12.0. The molecule has 2 aliphatic heterocycles. The molecule has 26 heavy (non-hydrogen) atoms. The lowest BCUT2D eigenvalue weighted by atomic mass is 9.78. The van der Waals surface area contributed by atoms with E-state index in [4.69, 9.17) is 9.31 Å². The topological polar surface area (TPSA) is 42.0 Å². The first-order chi connectivity index (χ1) is 12.1. The van der Waals surface area contributed by atoms with Crippen molar-refractivity contribution in [2.45, 2.75) is 38.9 Å². The van der Waals surface area contributed by atoms with Crippen LogP contribution in [-0.4, -0.2) is 74.2 Å². The molecule has 1 aromatic carbocycles. The summed E-state index contributed by atoms with van der Waals surface area (Å²) in [6.07, 6.45) is 0. The van der Waals surface area contributed by atoms with E-state index in [-0.39, 0.29) is 30.0 Å². The van der Waals surface area contributed by atoms with Gasteiger partial charge < -0.3 is 19.1 Å². The van der Waals surface area contributed by atoms with Crippen molar-refractivity contribution in [3.63, 3.8) is 0 Å². The predicted octanol–water partition coefficient (Wildman–Crippen LogP) is 1.66. The highest BCUT2D eigenvalue weighted by Crippen LogP contribution is 2.36. The summed E-state index contributed by atoms with van der Waals surface area (Å²) in [6, 6.07) is 7.73. The number of hydrogen-bond acceptors (Lipinski definition) is 5. The molecule has 0 aromatic heterocycles. The van der Waals surface area contributed by atoms with E-state index in [1.165, 1.54) is 0 Å². The molecule has 0 aliphatic carbocycles. The number of benzene rings is 1. The number of carbonyl (C=O) groups is 1. The number of carbonyl (C=O) groups excluding carboxylic acids is 1. The molecule has 142 valence electrons. The van der Waals surface area contributed by atoms with E-state index in [1.54, 1.807) is 0 Å². The normalized spacial score (nSPS) is 22.7. The Morgan fingerprint density at radius 2 is 1.65 bits per heavy atom. The average molecular weight is 358 g/mol. The van der Waals surface area contributed by atoms with Gasteiger partial charge in [0.1, 0.15) is 0 Å². The van der Waals surface area contributed by atoms with Gasteiger partial charge in [-0.05, 0) is 47.3 Å². The number of hydrogen-bond donors (Lipinski definition) is 0. The maximum Gasteiger partial charge on any atom is 0.494 e. The van der Waals surface area contributed by atoms with Crippen molar-refractivity contribution in [1.29, 1.82) is 0 Å². The number of Topliss-reactive ketones (excluding diaryl/α,β-unsaturated/α-hetero) is 1. The summed E-state index contributed by atoms with van der Waals surface area (Å²) in [5.41, 5.74) is 1.03. The summed E-state index contributed by atoms with van der Waals surface area (Å²) in [5, 5.41) is 0. The summed E-state index contributed by atoms with van der Waals surface area (Å²) >= 11 is 0. The molecule has 6 heteroatoms. The second-order valence-electron chi connectivity index (χ2n) is 8.83. The first kappa shape index (κ1) is 19.6. The molecule has 0 bridgehead atoms. The fourth-order valence-corrected chi connectivity index (χ4v) is 3.28. The van der Waals surface area contributed by atoms with Gasteiger partial charge in [0.25, 0.3) is 0 Å². The van der Waals surface area contributed by atoms with Crippen molar-refractivity contribution >= 4 is 18.4 Å². The highest BCUT2D eigenvalue weighted by atomic mass is 16.7. The molecule has 0 atom stereocenters. The third-order valence-electron chi connectivity index (χ3n) is 5.91. The SMILES string of the molecule is CN(C)CCN1CC(C(=O)c2ccc(B3OC(C)(C)C(C)(C)O3)cc2)C1. The zero-order valence-corrected chi connectivity index (χ0v) is 16.9. The second kappa shape index (κ2) is 7.08. The summed E-state index contributed by atoms with van der Waals surface area (Å²) in [4.78, 5) is 17.2. The first-order valence-electron chi connectivity index (χ1n) is 9.46. The molecular weight excluding hydrogens is 327 g/mol. The molecule has 0 N–H and O–H groups in total. The summed E-state index contributed by atoms with van der Waals surface area (Å²) in [7, 11) is 3.77. The van der Waals surface area contributed by atoms with Crippen LogP contribution in [0, 0.1) is 5.92 Å². The van der Waals surface area contributed by atoms with Crippen LogP contribution in [0.2, 0.25) is 0 Å². The van der Waals surface area contributed by atoms with Crippen LogP contribution >= 0.6 is 0 Å².